The number of amides is 1. The molecule has 0 unspecified atom stereocenters. The zero-order chi connectivity index (χ0) is 22.3. The average molecular weight is 430 g/mol. The van der Waals surface area contributed by atoms with E-state index in [0.29, 0.717) is 24.9 Å². The molecular formula is C26H43N3O2. The van der Waals surface area contributed by atoms with Crippen LogP contribution in [-0.4, -0.2) is 59.8 Å². The van der Waals surface area contributed by atoms with Gasteiger partial charge in [-0.1, -0.05) is 49.6 Å². The largest absolute Gasteiger partial charge is 0.390 e. The Morgan fingerprint density at radius 3 is 2.58 bits per heavy atom. The number of likely N-dealkylation sites (tertiary alicyclic amines) is 1. The van der Waals surface area contributed by atoms with Gasteiger partial charge in [0.15, 0.2) is 0 Å². The van der Waals surface area contributed by atoms with Crippen LogP contribution in [0.1, 0.15) is 64.9 Å². The second-order valence-electron chi connectivity index (χ2n) is 10.7. The van der Waals surface area contributed by atoms with Crippen LogP contribution in [0.3, 0.4) is 0 Å². The number of aliphatic hydroxyl groups is 1. The van der Waals surface area contributed by atoms with E-state index in [0.717, 1.165) is 32.4 Å². The van der Waals surface area contributed by atoms with Crippen LogP contribution in [0.2, 0.25) is 0 Å². The number of hydrogen-bond acceptors (Lipinski definition) is 4. The summed E-state index contributed by atoms with van der Waals surface area (Å²) in [5.41, 5.74) is 1.12. The zero-order valence-corrected chi connectivity index (χ0v) is 19.8. The summed E-state index contributed by atoms with van der Waals surface area (Å²) in [6.07, 6.45) is 7.70. The van der Waals surface area contributed by atoms with Crippen LogP contribution < -0.4 is 10.6 Å². The molecule has 4 atom stereocenters. The SMILES string of the molecule is CC(C)(C)NC(=O)[C@@H]1C[C@@H]2CCCC[C@@H]2CN1C[C@H](O)CNCCCc1ccccc1. The van der Waals surface area contributed by atoms with E-state index in [1.165, 1.54) is 31.2 Å². The molecule has 5 nitrogen and oxygen atoms in total. The number of nitrogens with one attached hydrogen (secondary N) is 2. The van der Waals surface area contributed by atoms with Crippen molar-refractivity contribution in [3.63, 3.8) is 0 Å². The predicted molar refractivity (Wildman–Crippen MR) is 127 cm³/mol. The van der Waals surface area contributed by atoms with E-state index in [-0.39, 0.29) is 17.5 Å². The van der Waals surface area contributed by atoms with Crippen molar-refractivity contribution in [3.8, 4) is 0 Å². The third-order valence-corrected chi connectivity index (χ3v) is 6.79. The lowest BCUT2D eigenvalue weighted by molar-refractivity contribution is -0.132. The minimum atomic E-state index is -0.457. The van der Waals surface area contributed by atoms with E-state index in [2.05, 4.69) is 39.8 Å². The van der Waals surface area contributed by atoms with E-state index < -0.39 is 6.10 Å². The molecule has 0 bridgehead atoms. The van der Waals surface area contributed by atoms with Crippen molar-refractivity contribution in [1.82, 2.24) is 15.5 Å². The first kappa shape index (κ1) is 24.2. The Labute approximate surface area is 189 Å². The first-order chi connectivity index (χ1) is 14.8. The number of carbonyl (C=O) groups is 1. The molecule has 2 fully saturated rings. The normalized spacial score (nSPS) is 25.6. The smallest absolute Gasteiger partial charge is 0.237 e. The summed E-state index contributed by atoms with van der Waals surface area (Å²) in [6, 6.07) is 10.4. The van der Waals surface area contributed by atoms with Crippen molar-refractivity contribution in [2.45, 2.75) is 83.4 Å². The molecule has 0 aromatic heterocycles. The number of benzene rings is 1. The van der Waals surface area contributed by atoms with Crippen LogP contribution in [0.25, 0.3) is 0 Å². The van der Waals surface area contributed by atoms with Gasteiger partial charge in [0.25, 0.3) is 0 Å². The average Bonchev–Trinajstić information content (AvgIpc) is 2.72. The minimum Gasteiger partial charge on any atom is -0.390 e. The Hall–Kier alpha value is -1.43. The van der Waals surface area contributed by atoms with Gasteiger partial charge < -0.3 is 15.7 Å². The molecule has 3 N–H and O–H groups in total. The molecule has 0 radical (unpaired) electrons. The van der Waals surface area contributed by atoms with Gasteiger partial charge in [-0.3, -0.25) is 9.69 Å². The summed E-state index contributed by atoms with van der Waals surface area (Å²) in [7, 11) is 0. The molecule has 0 spiro atoms. The number of rotatable bonds is 9. The van der Waals surface area contributed by atoms with Crippen LogP contribution >= 0.6 is 0 Å². The number of aryl methyl sites for hydroxylation is 1. The van der Waals surface area contributed by atoms with E-state index in [1.807, 2.05) is 26.8 Å². The highest BCUT2D eigenvalue weighted by atomic mass is 16.3. The monoisotopic (exact) mass is 429 g/mol. The van der Waals surface area contributed by atoms with Crippen molar-refractivity contribution in [2.75, 3.05) is 26.2 Å². The van der Waals surface area contributed by atoms with E-state index >= 15 is 0 Å². The predicted octanol–water partition coefficient (Wildman–Crippen LogP) is 3.37. The molecule has 1 heterocycles. The molecule has 1 saturated heterocycles. The molecule has 3 rings (SSSR count). The number of aliphatic hydroxyl groups excluding tert-OH is 1. The lowest BCUT2D eigenvalue weighted by Gasteiger charge is -2.46. The van der Waals surface area contributed by atoms with Crippen molar-refractivity contribution in [1.29, 1.82) is 0 Å². The maximum absolute atomic E-state index is 13.1. The third-order valence-electron chi connectivity index (χ3n) is 6.79. The molecule has 2 aliphatic rings. The van der Waals surface area contributed by atoms with Crippen LogP contribution in [0.5, 0.6) is 0 Å². The molecule has 174 valence electrons. The second kappa shape index (κ2) is 11.4. The van der Waals surface area contributed by atoms with E-state index in [9.17, 15) is 9.90 Å². The Kier molecular flexibility index (Phi) is 8.94. The number of carbonyl (C=O) groups excluding carboxylic acids is 1. The first-order valence-electron chi connectivity index (χ1n) is 12.3. The maximum atomic E-state index is 13.1. The van der Waals surface area contributed by atoms with Gasteiger partial charge in [0, 0.05) is 25.2 Å². The number of nitrogens with zero attached hydrogens (tertiary/aromatic N) is 1. The molecule has 1 aromatic carbocycles. The minimum absolute atomic E-state index is 0.119. The van der Waals surface area contributed by atoms with Gasteiger partial charge >= 0.3 is 0 Å². The lowest BCUT2D eigenvalue weighted by Crippen LogP contribution is -2.59. The molecule has 5 heteroatoms. The lowest BCUT2D eigenvalue weighted by atomic mass is 9.72. The Bertz CT molecular complexity index is 673. The quantitative estimate of drug-likeness (QED) is 0.527. The van der Waals surface area contributed by atoms with Crippen molar-refractivity contribution in [3.05, 3.63) is 35.9 Å². The molecule has 1 aliphatic carbocycles. The summed E-state index contributed by atoms with van der Waals surface area (Å²) in [5, 5.41) is 17.3. The number of hydrogen-bond donors (Lipinski definition) is 3. The number of fused-ring (bicyclic) bond motifs is 1. The summed E-state index contributed by atoms with van der Waals surface area (Å²) >= 11 is 0. The fourth-order valence-corrected chi connectivity index (χ4v) is 5.29. The second-order valence-corrected chi connectivity index (χ2v) is 10.7. The van der Waals surface area contributed by atoms with Crippen LogP contribution in [-0.2, 0) is 11.2 Å². The van der Waals surface area contributed by atoms with Crippen molar-refractivity contribution < 1.29 is 9.90 Å². The highest BCUT2D eigenvalue weighted by molar-refractivity contribution is 5.82. The Balaban J connectivity index is 1.47. The van der Waals surface area contributed by atoms with Gasteiger partial charge in [-0.2, -0.15) is 0 Å². The van der Waals surface area contributed by atoms with Crippen molar-refractivity contribution >= 4 is 5.91 Å². The van der Waals surface area contributed by atoms with Crippen LogP contribution in [0.15, 0.2) is 30.3 Å². The molecular weight excluding hydrogens is 386 g/mol. The molecule has 1 saturated carbocycles. The Morgan fingerprint density at radius 2 is 1.87 bits per heavy atom. The van der Waals surface area contributed by atoms with Crippen LogP contribution in [0, 0.1) is 11.8 Å². The third kappa shape index (κ3) is 7.89. The standard InChI is InChI=1S/C26H43N3O2/c1-26(2,3)28-25(31)24-16-21-13-7-8-14-22(21)18-29(24)19-23(30)17-27-15-9-12-20-10-5-4-6-11-20/h4-6,10-11,21-24,27,30H,7-9,12-19H2,1-3H3,(H,28,31)/t21-,22+,23+,24-/m0/s1. The maximum Gasteiger partial charge on any atom is 0.237 e. The summed E-state index contributed by atoms with van der Waals surface area (Å²) in [4.78, 5) is 15.3. The van der Waals surface area contributed by atoms with Gasteiger partial charge in [0.05, 0.1) is 12.1 Å². The Morgan fingerprint density at radius 1 is 1.16 bits per heavy atom. The molecule has 1 aliphatic heterocycles. The zero-order valence-electron chi connectivity index (χ0n) is 19.8. The van der Waals surface area contributed by atoms with Gasteiger partial charge in [-0.15, -0.1) is 0 Å². The first-order valence-corrected chi connectivity index (χ1v) is 12.3. The summed E-state index contributed by atoms with van der Waals surface area (Å²) < 4.78 is 0. The summed E-state index contributed by atoms with van der Waals surface area (Å²) in [5.74, 6) is 1.46. The molecule has 1 aromatic rings. The highest BCUT2D eigenvalue weighted by Crippen LogP contribution is 2.38. The number of piperidine rings is 1. The van der Waals surface area contributed by atoms with E-state index in [4.69, 9.17) is 0 Å². The molecule has 1 amide bonds. The fraction of sp³-hybridized carbons (Fsp3) is 0.731. The highest BCUT2D eigenvalue weighted by Gasteiger charge is 2.40. The van der Waals surface area contributed by atoms with Crippen molar-refractivity contribution in [2.24, 2.45) is 11.8 Å². The van der Waals surface area contributed by atoms with E-state index in [1.54, 1.807) is 0 Å². The van der Waals surface area contributed by atoms with Gasteiger partial charge in [0.2, 0.25) is 5.91 Å². The van der Waals surface area contributed by atoms with Crippen LogP contribution in [0.4, 0.5) is 0 Å². The van der Waals surface area contributed by atoms with Gasteiger partial charge in [-0.05, 0) is 70.4 Å². The topological polar surface area (TPSA) is 64.6 Å². The molecule has 31 heavy (non-hydrogen) atoms. The van der Waals surface area contributed by atoms with Gasteiger partial charge in [-0.25, -0.2) is 0 Å². The summed E-state index contributed by atoms with van der Waals surface area (Å²) in [6.45, 7) is 9.09. The van der Waals surface area contributed by atoms with Gasteiger partial charge in [0.1, 0.15) is 0 Å². The fourth-order valence-electron chi connectivity index (χ4n) is 5.29. The number of β-amino-alcohol motifs (C(OH)–C–C–N with tert-alkyl or cyclic N) is 1.